The Morgan fingerprint density at radius 2 is 2.40 bits per heavy atom. The second kappa shape index (κ2) is 1.99. The van der Waals surface area contributed by atoms with Gasteiger partial charge in [0, 0.05) is 18.3 Å². The Hall–Kier alpha value is -0.500. The second-order valence-electron chi connectivity index (χ2n) is 3.05. The maximum atomic E-state index is 5.32. The minimum Gasteiger partial charge on any atom is -0.373 e. The molecule has 0 aromatic heterocycles. The van der Waals surface area contributed by atoms with Gasteiger partial charge in [0.1, 0.15) is 0 Å². The van der Waals surface area contributed by atoms with Crippen LogP contribution in [0.5, 0.6) is 0 Å². The lowest BCUT2D eigenvalue weighted by Gasteiger charge is -2.46. The molecule has 0 spiro atoms. The van der Waals surface area contributed by atoms with Crippen LogP contribution in [-0.2, 0) is 4.74 Å². The Kier molecular flexibility index (Phi) is 1.24. The average molecular weight is 139 g/mol. The molecule has 0 aliphatic carbocycles. The van der Waals surface area contributed by atoms with E-state index in [1.54, 1.807) is 0 Å². The molecule has 2 aliphatic rings. The van der Waals surface area contributed by atoms with Crippen LogP contribution < -0.4 is 0 Å². The van der Waals surface area contributed by atoms with Crippen molar-refractivity contribution in [1.82, 2.24) is 4.90 Å². The van der Waals surface area contributed by atoms with Gasteiger partial charge in [0.15, 0.2) is 0 Å². The number of nitrogens with zero attached hydrogens (tertiary/aromatic N) is 1. The smallest absolute Gasteiger partial charge is 0.0865 e. The van der Waals surface area contributed by atoms with Crippen molar-refractivity contribution in [2.24, 2.45) is 0 Å². The van der Waals surface area contributed by atoms with Crippen LogP contribution in [-0.4, -0.2) is 30.7 Å². The van der Waals surface area contributed by atoms with Crippen LogP contribution in [0.2, 0.25) is 0 Å². The van der Waals surface area contributed by atoms with Crippen molar-refractivity contribution in [3.05, 3.63) is 11.3 Å². The molecule has 1 fully saturated rings. The lowest BCUT2D eigenvalue weighted by molar-refractivity contribution is 0.0400. The Bertz CT molecular complexity index is 186. The maximum Gasteiger partial charge on any atom is 0.0865 e. The normalized spacial score (nSPS) is 31.8. The number of hydrogen-bond acceptors (Lipinski definition) is 2. The number of morpholine rings is 1. The Morgan fingerprint density at radius 3 is 3.10 bits per heavy atom. The molecule has 1 unspecified atom stereocenters. The lowest BCUT2D eigenvalue weighted by Crippen LogP contribution is -2.49. The van der Waals surface area contributed by atoms with Crippen LogP contribution in [0.25, 0.3) is 0 Å². The Balaban J connectivity index is 2.19. The van der Waals surface area contributed by atoms with Gasteiger partial charge < -0.3 is 9.64 Å². The van der Waals surface area contributed by atoms with Crippen molar-refractivity contribution in [2.45, 2.75) is 19.9 Å². The van der Waals surface area contributed by atoms with E-state index in [4.69, 9.17) is 4.74 Å². The largest absolute Gasteiger partial charge is 0.373 e. The number of rotatable bonds is 0. The predicted molar refractivity (Wildman–Crippen MR) is 39.7 cm³/mol. The molecule has 0 bridgehead atoms. The second-order valence-corrected chi connectivity index (χ2v) is 3.05. The van der Waals surface area contributed by atoms with Gasteiger partial charge in [-0.2, -0.15) is 0 Å². The average Bonchev–Trinajstić information content (AvgIpc) is 2.03. The monoisotopic (exact) mass is 139 g/mol. The summed E-state index contributed by atoms with van der Waals surface area (Å²) in [4.78, 5) is 2.43. The van der Waals surface area contributed by atoms with Crippen LogP contribution in [0.4, 0.5) is 0 Å². The van der Waals surface area contributed by atoms with Crippen molar-refractivity contribution >= 4 is 0 Å². The molecule has 56 valence electrons. The molecule has 1 atom stereocenters. The summed E-state index contributed by atoms with van der Waals surface area (Å²) in [5.74, 6) is 0. The molecule has 0 N–H and O–H groups in total. The molecule has 1 saturated heterocycles. The van der Waals surface area contributed by atoms with Crippen LogP contribution >= 0.6 is 0 Å². The van der Waals surface area contributed by atoms with Crippen molar-refractivity contribution < 1.29 is 4.74 Å². The van der Waals surface area contributed by atoms with E-state index in [9.17, 15) is 0 Å². The molecule has 2 aliphatic heterocycles. The molecule has 2 heterocycles. The first-order valence-corrected chi connectivity index (χ1v) is 3.84. The zero-order valence-corrected chi connectivity index (χ0v) is 6.55. The topological polar surface area (TPSA) is 12.5 Å². The van der Waals surface area contributed by atoms with Gasteiger partial charge in [0.2, 0.25) is 0 Å². The fraction of sp³-hybridized carbons (Fsp3) is 0.750. The van der Waals surface area contributed by atoms with E-state index in [2.05, 4.69) is 18.7 Å². The third-order valence-corrected chi connectivity index (χ3v) is 2.61. The third-order valence-electron chi connectivity index (χ3n) is 2.61. The molecule has 10 heavy (non-hydrogen) atoms. The number of fused-ring (bicyclic) bond motifs is 1. The van der Waals surface area contributed by atoms with E-state index in [1.165, 1.54) is 11.3 Å². The zero-order chi connectivity index (χ0) is 7.14. The summed E-state index contributed by atoms with van der Waals surface area (Å²) in [5.41, 5.74) is 2.94. The highest BCUT2D eigenvalue weighted by Gasteiger charge is 2.32. The van der Waals surface area contributed by atoms with E-state index in [1.807, 2.05) is 0 Å². The maximum absolute atomic E-state index is 5.32. The molecular weight excluding hydrogens is 126 g/mol. The van der Waals surface area contributed by atoms with Gasteiger partial charge in [-0.05, 0) is 19.4 Å². The van der Waals surface area contributed by atoms with Crippen molar-refractivity contribution in [1.29, 1.82) is 0 Å². The standard InChI is InChI=1S/C8H13NO/c1-6-7(2)9-3-4-10-5-8(6)9/h7H,3-5H2,1-2H3. The van der Waals surface area contributed by atoms with Gasteiger partial charge in [-0.25, -0.2) is 0 Å². The van der Waals surface area contributed by atoms with Gasteiger partial charge in [-0.15, -0.1) is 0 Å². The summed E-state index contributed by atoms with van der Waals surface area (Å²) >= 11 is 0. The Labute approximate surface area is 61.5 Å². The quantitative estimate of drug-likeness (QED) is 0.496. The van der Waals surface area contributed by atoms with E-state index >= 15 is 0 Å². The first-order chi connectivity index (χ1) is 4.80. The molecular formula is C8H13NO. The predicted octanol–water partition coefficient (Wildman–Crippen LogP) is 0.995. The Morgan fingerprint density at radius 1 is 1.60 bits per heavy atom. The summed E-state index contributed by atoms with van der Waals surface area (Å²) in [6, 6.07) is 0.680. The summed E-state index contributed by atoms with van der Waals surface area (Å²) < 4.78 is 5.32. The highest BCUT2D eigenvalue weighted by molar-refractivity contribution is 5.29. The molecule has 0 aromatic carbocycles. The number of hydrogen-bond donors (Lipinski definition) is 0. The molecule has 0 amide bonds. The molecule has 0 radical (unpaired) electrons. The number of ether oxygens (including phenoxy) is 1. The van der Waals surface area contributed by atoms with Crippen molar-refractivity contribution in [3.8, 4) is 0 Å². The van der Waals surface area contributed by atoms with E-state index in [-0.39, 0.29) is 0 Å². The highest BCUT2D eigenvalue weighted by atomic mass is 16.5. The minimum atomic E-state index is 0.680. The van der Waals surface area contributed by atoms with Crippen LogP contribution in [0, 0.1) is 0 Å². The minimum absolute atomic E-state index is 0.680. The summed E-state index contributed by atoms with van der Waals surface area (Å²) in [6.45, 7) is 7.29. The van der Waals surface area contributed by atoms with E-state index in [0.717, 1.165) is 19.8 Å². The molecule has 2 nitrogen and oxygen atoms in total. The van der Waals surface area contributed by atoms with Gasteiger partial charge in [0.25, 0.3) is 0 Å². The first kappa shape index (κ1) is 6.23. The molecule has 0 aromatic rings. The van der Waals surface area contributed by atoms with Gasteiger partial charge in [-0.3, -0.25) is 0 Å². The molecule has 2 rings (SSSR count). The highest BCUT2D eigenvalue weighted by Crippen LogP contribution is 2.31. The molecule has 2 heteroatoms. The molecule has 0 saturated carbocycles. The first-order valence-electron chi connectivity index (χ1n) is 3.84. The van der Waals surface area contributed by atoms with Crippen molar-refractivity contribution in [3.63, 3.8) is 0 Å². The van der Waals surface area contributed by atoms with Crippen molar-refractivity contribution in [2.75, 3.05) is 19.8 Å². The lowest BCUT2D eigenvalue weighted by atomic mass is 9.96. The fourth-order valence-corrected chi connectivity index (χ4v) is 1.73. The van der Waals surface area contributed by atoms with Crippen LogP contribution in [0.3, 0.4) is 0 Å². The third kappa shape index (κ3) is 0.626. The van der Waals surface area contributed by atoms with E-state index < -0.39 is 0 Å². The van der Waals surface area contributed by atoms with Gasteiger partial charge >= 0.3 is 0 Å². The van der Waals surface area contributed by atoms with Crippen LogP contribution in [0.15, 0.2) is 11.3 Å². The summed E-state index contributed by atoms with van der Waals surface area (Å²) in [7, 11) is 0. The van der Waals surface area contributed by atoms with Gasteiger partial charge in [-0.1, -0.05) is 0 Å². The van der Waals surface area contributed by atoms with E-state index in [0.29, 0.717) is 6.04 Å². The SMILES string of the molecule is CC1=C2COCCN2C1C. The summed E-state index contributed by atoms with van der Waals surface area (Å²) in [5, 5.41) is 0. The fourth-order valence-electron chi connectivity index (χ4n) is 1.73. The summed E-state index contributed by atoms with van der Waals surface area (Å²) in [6.07, 6.45) is 0. The van der Waals surface area contributed by atoms with Gasteiger partial charge in [0.05, 0.1) is 13.2 Å². The zero-order valence-electron chi connectivity index (χ0n) is 6.55. The van der Waals surface area contributed by atoms with Crippen LogP contribution in [0.1, 0.15) is 13.8 Å².